The average molecular weight is 534 g/mol. The Bertz CT molecular complexity index is 1210. The second-order valence-electron chi connectivity index (χ2n) is 9.87. The Kier molecular flexibility index (Phi) is 11.6. The van der Waals surface area contributed by atoms with E-state index in [1.165, 1.54) is 12.1 Å². The van der Waals surface area contributed by atoms with Crippen molar-refractivity contribution in [3.8, 4) is 0 Å². The molecule has 0 heterocycles. The molecule has 0 fully saturated rings. The molecule has 0 aliphatic heterocycles. The maximum Gasteiger partial charge on any atom is 0.254 e. The first kappa shape index (κ1) is 30.0. The summed E-state index contributed by atoms with van der Waals surface area (Å²) in [5.41, 5.74) is 8.77. The number of aliphatic hydroxyl groups excluding tert-OH is 1. The fourth-order valence-corrected chi connectivity index (χ4v) is 5.01. The van der Waals surface area contributed by atoms with Gasteiger partial charge < -0.3 is 21.1 Å². The van der Waals surface area contributed by atoms with Crippen LogP contribution >= 0.6 is 0 Å². The van der Waals surface area contributed by atoms with E-state index in [2.05, 4.69) is 5.32 Å². The molecule has 0 bridgehead atoms. The van der Waals surface area contributed by atoms with Crippen LogP contribution < -0.4 is 11.1 Å². The van der Waals surface area contributed by atoms with Gasteiger partial charge in [0, 0.05) is 36.7 Å². The fourth-order valence-electron chi connectivity index (χ4n) is 5.01. The van der Waals surface area contributed by atoms with Crippen molar-refractivity contribution < 1.29 is 19.1 Å². The number of nitrogens with two attached hydrogens (primary N) is 1. The topological polar surface area (TPSA) is 95.7 Å². The van der Waals surface area contributed by atoms with Crippen molar-refractivity contribution in [3.63, 3.8) is 0 Å². The summed E-state index contributed by atoms with van der Waals surface area (Å²) in [6, 6.07) is 21.2. The van der Waals surface area contributed by atoms with Gasteiger partial charge in [-0.3, -0.25) is 9.59 Å². The summed E-state index contributed by atoms with van der Waals surface area (Å²) in [5.74, 6) is -1.65. The van der Waals surface area contributed by atoms with E-state index in [0.717, 1.165) is 24.0 Å². The minimum atomic E-state index is -0.921. The molecule has 7 heteroatoms. The molecule has 3 rings (SSSR count). The maximum atomic E-state index is 13.8. The van der Waals surface area contributed by atoms with Gasteiger partial charge in [0.1, 0.15) is 5.82 Å². The largest absolute Gasteiger partial charge is 0.391 e. The zero-order valence-corrected chi connectivity index (χ0v) is 22.9. The van der Waals surface area contributed by atoms with Crippen LogP contribution in [0.25, 0.3) is 0 Å². The van der Waals surface area contributed by atoms with E-state index in [9.17, 15) is 19.1 Å². The molecule has 0 saturated carbocycles. The minimum Gasteiger partial charge on any atom is -0.391 e. The fraction of sp³-hybridized carbons (Fsp3) is 0.375. The van der Waals surface area contributed by atoms with Crippen molar-refractivity contribution in [1.29, 1.82) is 0 Å². The molecule has 2 amide bonds. The Morgan fingerprint density at radius 2 is 1.56 bits per heavy atom. The standard InChI is InChI=1S/C32H40FN3O3/c1-3-18-36(19-4-2)32(39)27-15-9-14-26(31(34)38)30(27)28(21-23-10-6-5-7-11-23)29(37)22-35-17-16-24-12-8-13-25(33)20-24/h5-15,20,28-29,35,37H,3-4,16-19,21-22H2,1-2H3,(H2,34,38)/t28-,29+/m1/s1. The van der Waals surface area contributed by atoms with E-state index in [4.69, 9.17) is 5.73 Å². The highest BCUT2D eigenvalue weighted by atomic mass is 19.1. The molecule has 6 nitrogen and oxygen atoms in total. The number of nitrogens with zero attached hydrogens (tertiary/aromatic N) is 1. The van der Waals surface area contributed by atoms with Gasteiger partial charge in [0.15, 0.2) is 0 Å². The number of hydrogen-bond donors (Lipinski definition) is 3. The maximum absolute atomic E-state index is 13.8. The van der Waals surface area contributed by atoms with E-state index in [1.807, 2.05) is 50.2 Å². The SMILES string of the molecule is CCCN(CCC)C(=O)c1cccc(C(N)=O)c1[C@H](Cc1ccccc1)[C@@H](O)CNCCc1cccc(F)c1. The van der Waals surface area contributed by atoms with Gasteiger partial charge in [-0.2, -0.15) is 0 Å². The van der Waals surface area contributed by atoms with E-state index in [0.29, 0.717) is 43.6 Å². The van der Waals surface area contributed by atoms with E-state index in [-0.39, 0.29) is 23.8 Å². The molecule has 0 aromatic heterocycles. The first-order valence-electron chi connectivity index (χ1n) is 13.7. The Morgan fingerprint density at radius 1 is 0.923 bits per heavy atom. The highest BCUT2D eigenvalue weighted by Crippen LogP contribution is 2.32. The number of hydrogen-bond acceptors (Lipinski definition) is 4. The third kappa shape index (κ3) is 8.47. The van der Waals surface area contributed by atoms with Gasteiger partial charge in [0.2, 0.25) is 5.91 Å². The first-order valence-corrected chi connectivity index (χ1v) is 13.7. The molecule has 0 unspecified atom stereocenters. The van der Waals surface area contributed by atoms with Gasteiger partial charge >= 0.3 is 0 Å². The lowest BCUT2D eigenvalue weighted by molar-refractivity contribution is 0.0751. The molecular weight excluding hydrogens is 493 g/mol. The van der Waals surface area contributed by atoms with Gasteiger partial charge in [-0.05, 0) is 73.2 Å². The number of primary amides is 1. The number of halogens is 1. The summed E-state index contributed by atoms with van der Waals surface area (Å²) in [5, 5.41) is 14.8. The molecule has 3 aromatic rings. The third-order valence-electron chi connectivity index (χ3n) is 6.84. The van der Waals surface area contributed by atoms with Crippen LogP contribution in [0.3, 0.4) is 0 Å². The van der Waals surface area contributed by atoms with Gasteiger partial charge in [-0.1, -0.05) is 62.4 Å². The molecule has 0 spiro atoms. The normalized spacial score (nSPS) is 12.6. The Hall–Kier alpha value is -3.55. The molecule has 0 aliphatic rings. The van der Waals surface area contributed by atoms with Crippen molar-refractivity contribution in [2.45, 2.75) is 51.6 Å². The summed E-state index contributed by atoms with van der Waals surface area (Å²) in [4.78, 5) is 28.2. The molecule has 0 aliphatic carbocycles. The van der Waals surface area contributed by atoms with Crippen LogP contribution in [0.15, 0.2) is 72.8 Å². The minimum absolute atomic E-state index is 0.166. The highest BCUT2D eigenvalue weighted by Gasteiger charge is 2.31. The first-order chi connectivity index (χ1) is 18.8. The second kappa shape index (κ2) is 15.1. The lowest BCUT2D eigenvalue weighted by Crippen LogP contribution is -2.38. The van der Waals surface area contributed by atoms with Crippen LogP contribution in [0.5, 0.6) is 0 Å². The van der Waals surface area contributed by atoms with Crippen molar-refractivity contribution >= 4 is 11.8 Å². The smallest absolute Gasteiger partial charge is 0.254 e. The van der Waals surface area contributed by atoms with Crippen LogP contribution in [-0.4, -0.2) is 54.1 Å². The average Bonchev–Trinajstić information content (AvgIpc) is 2.93. The predicted molar refractivity (Wildman–Crippen MR) is 153 cm³/mol. The van der Waals surface area contributed by atoms with E-state index < -0.39 is 17.9 Å². The van der Waals surface area contributed by atoms with Gasteiger partial charge in [-0.25, -0.2) is 4.39 Å². The van der Waals surface area contributed by atoms with Crippen molar-refractivity contribution in [3.05, 3.63) is 106 Å². The van der Waals surface area contributed by atoms with Crippen LogP contribution in [-0.2, 0) is 12.8 Å². The Balaban J connectivity index is 1.95. The number of amides is 2. The second-order valence-corrected chi connectivity index (χ2v) is 9.87. The molecule has 2 atom stereocenters. The van der Waals surface area contributed by atoms with E-state index in [1.54, 1.807) is 29.2 Å². The van der Waals surface area contributed by atoms with Gasteiger partial charge in [-0.15, -0.1) is 0 Å². The highest BCUT2D eigenvalue weighted by molar-refractivity contribution is 6.02. The van der Waals surface area contributed by atoms with Crippen molar-refractivity contribution in [2.75, 3.05) is 26.2 Å². The number of aliphatic hydroxyl groups is 1. The number of carbonyl (C=O) groups is 2. The zero-order valence-electron chi connectivity index (χ0n) is 22.9. The molecular formula is C32H40FN3O3. The molecule has 3 aromatic carbocycles. The lowest BCUT2D eigenvalue weighted by Gasteiger charge is -2.29. The number of benzene rings is 3. The van der Waals surface area contributed by atoms with Crippen LogP contribution in [0.2, 0.25) is 0 Å². The number of carbonyl (C=O) groups excluding carboxylic acids is 2. The van der Waals surface area contributed by atoms with Crippen molar-refractivity contribution in [2.24, 2.45) is 5.73 Å². The Morgan fingerprint density at radius 3 is 2.21 bits per heavy atom. The Labute approximate surface area is 231 Å². The molecule has 0 radical (unpaired) electrons. The van der Waals surface area contributed by atoms with Crippen molar-refractivity contribution in [1.82, 2.24) is 10.2 Å². The van der Waals surface area contributed by atoms with Crippen LogP contribution in [0.4, 0.5) is 4.39 Å². The predicted octanol–water partition coefficient (Wildman–Crippen LogP) is 4.71. The van der Waals surface area contributed by atoms with Gasteiger partial charge in [0.05, 0.1) is 6.10 Å². The summed E-state index contributed by atoms with van der Waals surface area (Å²) in [6.07, 6.45) is 1.71. The quantitative estimate of drug-likeness (QED) is 0.247. The summed E-state index contributed by atoms with van der Waals surface area (Å²) in [7, 11) is 0. The zero-order chi connectivity index (χ0) is 28.2. The molecule has 39 heavy (non-hydrogen) atoms. The third-order valence-corrected chi connectivity index (χ3v) is 6.84. The molecule has 208 valence electrons. The lowest BCUT2D eigenvalue weighted by atomic mass is 9.81. The summed E-state index contributed by atoms with van der Waals surface area (Å²) < 4.78 is 13.5. The number of rotatable bonds is 15. The van der Waals surface area contributed by atoms with Crippen LogP contribution in [0.1, 0.15) is 70.0 Å². The molecule has 4 N–H and O–H groups in total. The molecule has 0 saturated heterocycles. The van der Waals surface area contributed by atoms with Crippen LogP contribution in [0, 0.1) is 5.82 Å². The summed E-state index contributed by atoms with van der Waals surface area (Å²) in [6.45, 7) is 5.99. The summed E-state index contributed by atoms with van der Waals surface area (Å²) >= 11 is 0. The number of nitrogens with one attached hydrogen (secondary N) is 1. The monoisotopic (exact) mass is 533 g/mol. The van der Waals surface area contributed by atoms with E-state index >= 15 is 0 Å². The van der Waals surface area contributed by atoms with Gasteiger partial charge in [0.25, 0.3) is 5.91 Å².